The third-order valence-electron chi connectivity index (χ3n) is 4.97. The Bertz CT molecular complexity index is 1180. The van der Waals surface area contributed by atoms with E-state index in [1.807, 2.05) is 13.8 Å². The molecule has 32 heavy (non-hydrogen) atoms. The summed E-state index contributed by atoms with van der Waals surface area (Å²) < 4.78 is 25.7. The van der Waals surface area contributed by atoms with Crippen molar-refractivity contribution < 1.29 is 18.0 Å². The number of nitrogens with zero attached hydrogens (tertiary/aromatic N) is 3. The lowest BCUT2D eigenvalue weighted by molar-refractivity contribution is -0.127. The van der Waals surface area contributed by atoms with Gasteiger partial charge in [0.05, 0.1) is 16.1 Å². The number of carbonyl (C=O) groups is 2. The highest BCUT2D eigenvalue weighted by molar-refractivity contribution is 8.06. The minimum absolute atomic E-state index is 0.0230. The molecule has 0 radical (unpaired) electrons. The quantitative estimate of drug-likeness (QED) is 0.686. The lowest BCUT2D eigenvalue weighted by Gasteiger charge is -2.22. The zero-order chi connectivity index (χ0) is 23.3. The predicted octanol–water partition coefficient (Wildman–Crippen LogP) is 3.12. The van der Waals surface area contributed by atoms with Crippen LogP contribution < -0.4 is 5.73 Å². The molecule has 3 rings (SSSR count). The highest BCUT2D eigenvalue weighted by Gasteiger charge is 2.28. The van der Waals surface area contributed by atoms with Gasteiger partial charge in [-0.15, -0.1) is 0 Å². The largest absolute Gasteiger partial charge is 0.387 e. The van der Waals surface area contributed by atoms with Crippen LogP contribution in [-0.4, -0.2) is 48.2 Å². The van der Waals surface area contributed by atoms with Crippen molar-refractivity contribution in [3.05, 3.63) is 59.4 Å². The van der Waals surface area contributed by atoms with E-state index in [-0.39, 0.29) is 28.6 Å². The topological polar surface area (TPSA) is 123 Å². The second-order valence-electron chi connectivity index (χ2n) is 7.49. The van der Waals surface area contributed by atoms with Gasteiger partial charge in [-0.1, -0.05) is 19.9 Å². The second kappa shape index (κ2) is 9.86. The van der Waals surface area contributed by atoms with E-state index in [1.165, 1.54) is 42.7 Å². The van der Waals surface area contributed by atoms with Gasteiger partial charge in [0.2, 0.25) is 15.7 Å². The van der Waals surface area contributed by atoms with Gasteiger partial charge in [-0.25, -0.2) is 13.4 Å². The lowest BCUT2D eigenvalue weighted by Crippen LogP contribution is -2.34. The Hall–Kier alpha value is -3.33. The summed E-state index contributed by atoms with van der Waals surface area (Å²) in [5.74, 6) is 0.0904. The zero-order valence-corrected chi connectivity index (χ0v) is 18.9. The van der Waals surface area contributed by atoms with Crippen LogP contribution in [0.15, 0.2) is 58.2 Å². The van der Waals surface area contributed by atoms with Gasteiger partial charge >= 0.3 is 0 Å². The molecule has 0 atom stereocenters. The molecule has 2 N–H and O–H groups in total. The minimum atomic E-state index is -4.30. The number of aliphatic imine (C=N–C) groups is 1. The maximum Gasteiger partial charge on any atom is 0.282 e. The number of amidine groups is 1. The van der Waals surface area contributed by atoms with Gasteiger partial charge in [0.25, 0.3) is 5.12 Å². The first-order valence-electron chi connectivity index (χ1n) is 10.4. The number of hydrogen-bond donors (Lipinski definition) is 1. The molecule has 168 valence electrons. The van der Waals surface area contributed by atoms with Crippen molar-refractivity contribution in [2.75, 3.05) is 13.1 Å². The van der Waals surface area contributed by atoms with E-state index in [9.17, 15) is 18.0 Å². The first-order chi connectivity index (χ1) is 15.3. The van der Waals surface area contributed by atoms with Crippen LogP contribution in [0.1, 0.15) is 49.0 Å². The van der Waals surface area contributed by atoms with Crippen molar-refractivity contribution in [3.63, 3.8) is 0 Å². The molecule has 0 saturated heterocycles. The number of fused-ring (bicyclic) bond motifs is 1. The van der Waals surface area contributed by atoms with E-state index in [4.69, 9.17) is 5.73 Å². The van der Waals surface area contributed by atoms with Crippen LogP contribution in [0.3, 0.4) is 0 Å². The molecule has 0 aliphatic carbocycles. The summed E-state index contributed by atoms with van der Waals surface area (Å²) in [7, 11) is -4.30. The van der Waals surface area contributed by atoms with E-state index in [0.717, 1.165) is 12.8 Å². The highest BCUT2D eigenvalue weighted by atomic mass is 32.2. The molecular weight excluding hydrogens is 428 g/mol. The maximum atomic E-state index is 13.1. The van der Waals surface area contributed by atoms with Gasteiger partial charge in [0, 0.05) is 43.0 Å². The highest BCUT2D eigenvalue weighted by Crippen LogP contribution is 2.30. The molecule has 0 unspecified atom stereocenters. The summed E-state index contributed by atoms with van der Waals surface area (Å²) in [6.07, 6.45) is 6.19. The van der Waals surface area contributed by atoms with Crippen molar-refractivity contribution in [1.29, 1.82) is 0 Å². The number of rotatable bonds is 7. The van der Waals surface area contributed by atoms with Crippen LogP contribution in [0, 0.1) is 0 Å². The first kappa shape index (κ1) is 23.3. The smallest absolute Gasteiger partial charge is 0.282 e. The molecule has 1 aromatic carbocycles. The van der Waals surface area contributed by atoms with Gasteiger partial charge in [0.15, 0.2) is 0 Å². The molecule has 2 heterocycles. The molecule has 1 amide bonds. The van der Waals surface area contributed by atoms with Crippen molar-refractivity contribution in [1.82, 2.24) is 9.88 Å². The predicted molar refractivity (Wildman–Crippen MR) is 123 cm³/mol. The average molecular weight is 455 g/mol. The minimum Gasteiger partial charge on any atom is -0.387 e. The molecule has 2 aromatic rings. The van der Waals surface area contributed by atoms with Gasteiger partial charge in [-0.2, -0.15) is 0 Å². The van der Waals surface area contributed by atoms with Gasteiger partial charge < -0.3 is 10.6 Å². The number of carbonyl (C=O) groups excluding carboxylic acids is 2. The fourth-order valence-electron chi connectivity index (χ4n) is 3.48. The van der Waals surface area contributed by atoms with Crippen molar-refractivity contribution in [3.8, 4) is 0 Å². The third-order valence-corrected chi connectivity index (χ3v) is 6.57. The Morgan fingerprint density at radius 2 is 1.84 bits per heavy atom. The lowest BCUT2D eigenvalue weighted by atomic mass is 10.1. The van der Waals surface area contributed by atoms with Crippen LogP contribution in [0.4, 0.5) is 5.69 Å². The van der Waals surface area contributed by atoms with Crippen LogP contribution in [0.2, 0.25) is 0 Å². The summed E-state index contributed by atoms with van der Waals surface area (Å²) in [4.78, 5) is 35.3. The van der Waals surface area contributed by atoms with Crippen LogP contribution >= 0.6 is 0 Å². The van der Waals surface area contributed by atoms with E-state index >= 15 is 0 Å². The first-order valence-corrected chi connectivity index (χ1v) is 11.9. The molecule has 0 bridgehead atoms. The number of sulfone groups is 1. The molecule has 0 spiro atoms. The molecule has 0 saturated carbocycles. The zero-order valence-electron chi connectivity index (χ0n) is 18.1. The number of benzene rings is 1. The van der Waals surface area contributed by atoms with Gasteiger partial charge in [-0.3, -0.25) is 14.6 Å². The van der Waals surface area contributed by atoms with Crippen molar-refractivity contribution >= 4 is 38.5 Å². The average Bonchev–Trinajstić information content (AvgIpc) is 2.95. The molecule has 1 aliphatic rings. The Morgan fingerprint density at radius 3 is 2.47 bits per heavy atom. The summed E-state index contributed by atoms with van der Waals surface area (Å²) >= 11 is 0. The standard InChI is InChI=1S/C23H26N4O4S/c1-3-10-27(11-4-2)22(28)18-12-16-7-8-19(14-20(16)26-21(24)13-18)32(30,31)23(29)17-6-5-9-25-15-17/h5-9,12,14-15H,3-4,10-11,13H2,1-2H3,(H2,24,26). The fourth-order valence-corrected chi connectivity index (χ4v) is 4.64. The SMILES string of the molecule is CCCN(CCC)C(=O)C1=Cc2ccc(S(=O)(=O)C(=O)c3cccnc3)cc2N=C(N)C1. The van der Waals surface area contributed by atoms with Crippen LogP contribution in [0.25, 0.3) is 6.08 Å². The van der Waals surface area contributed by atoms with Crippen LogP contribution in [0.5, 0.6) is 0 Å². The molecule has 1 aromatic heterocycles. The maximum absolute atomic E-state index is 13.1. The number of hydrogen-bond acceptors (Lipinski definition) is 7. The number of aromatic nitrogens is 1. The molecule has 1 aliphatic heterocycles. The Labute approximate surface area is 187 Å². The van der Waals surface area contributed by atoms with E-state index in [2.05, 4.69) is 9.98 Å². The van der Waals surface area contributed by atoms with Gasteiger partial charge in [-0.05, 0) is 43.2 Å². The second-order valence-corrected chi connectivity index (χ2v) is 9.34. The van der Waals surface area contributed by atoms with E-state index < -0.39 is 15.0 Å². The normalized spacial score (nSPS) is 13.4. The van der Waals surface area contributed by atoms with Crippen molar-refractivity contribution in [2.45, 2.75) is 38.0 Å². The Balaban J connectivity index is 1.99. The summed E-state index contributed by atoms with van der Waals surface area (Å²) in [5, 5.41) is -1.04. The summed E-state index contributed by atoms with van der Waals surface area (Å²) in [5.41, 5.74) is 7.38. The Kier molecular flexibility index (Phi) is 7.19. The third kappa shape index (κ3) is 4.94. The molecule has 0 fully saturated rings. The molecule has 8 nitrogen and oxygen atoms in total. The van der Waals surface area contributed by atoms with Crippen molar-refractivity contribution in [2.24, 2.45) is 10.7 Å². The van der Waals surface area contributed by atoms with Gasteiger partial charge in [0.1, 0.15) is 5.84 Å². The number of nitrogens with two attached hydrogens (primary N) is 1. The summed E-state index contributed by atoms with van der Waals surface area (Å²) in [6, 6.07) is 7.08. The Morgan fingerprint density at radius 1 is 1.12 bits per heavy atom. The van der Waals surface area contributed by atoms with Crippen LogP contribution in [-0.2, 0) is 14.6 Å². The number of amides is 1. The fraction of sp³-hybridized carbons (Fsp3) is 0.304. The van der Waals surface area contributed by atoms with E-state index in [0.29, 0.717) is 29.9 Å². The molecular formula is C23H26N4O4S. The van der Waals surface area contributed by atoms with E-state index in [1.54, 1.807) is 11.0 Å². The molecule has 9 heteroatoms. The summed E-state index contributed by atoms with van der Waals surface area (Å²) in [6.45, 7) is 5.30. The monoisotopic (exact) mass is 454 g/mol. The number of pyridine rings is 1.